The molecule has 2 rings (SSSR count). The van der Waals surface area contributed by atoms with Crippen molar-refractivity contribution in [3.05, 3.63) is 42.0 Å². The van der Waals surface area contributed by atoms with E-state index in [1.165, 1.54) is 12.1 Å². The highest BCUT2D eigenvalue weighted by molar-refractivity contribution is 7.86. The summed E-state index contributed by atoms with van der Waals surface area (Å²) in [6, 6.07) is 6.52. The van der Waals surface area contributed by atoms with Crippen LogP contribution in [0.25, 0.3) is 0 Å². The van der Waals surface area contributed by atoms with Gasteiger partial charge in [-0.15, -0.1) is 0 Å². The lowest BCUT2D eigenvalue weighted by molar-refractivity contribution is -0.0387. The van der Waals surface area contributed by atoms with Crippen molar-refractivity contribution in [1.29, 1.82) is 0 Å². The normalized spacial score (nSPS) is 18.9. The van der Waals surface area contributed by atoms with Crippen LogP contribution < -0.4 is 0 Å². The van der Waals surface area contributed by atoms with Crippen molar-refractivity contribution < 1.29 is 31.5 Å². The number of aryl methyl sites for hydroxylation is 1. The monoisotopic (exact) mass is 428 g/mol. The third-order valence-corrected chi connectivity index (χ3v) is 5.61. The Kier molecular flexibility index (Phi) is 11.5. The lowest BCUT2D eigenvalue weighted by Gasteiger charge is -2.18. The summed E-state index contributed by atoms with van der Waals surface area (Å²) in [6.45, 7) is 5.14. The zero-order valence-corrected chi connectivity index (χ0v) is 17.9. The summed E-state index contributed by atoms with van der Waals surface area (Å²) in [6.07, 6.45) is 7.47. The van der Waals surface area contributed by atoms with E-state index in [4.69, 9.17) is 23.1 Å². The van der Waals surface area contributed by atoms with E-state index in [1.807, 2.05) is 6.92 Å². The molecule has 0 aromatic heterocycles. The highest BCUT2D eigenvalue weighted by atomic mass is 32.2. The molecule has 0 saturated heterocycles. The van der Waals surface area contributed by atoms with Crippen LogP contribution in [0.3, 0.4) is 0 Å². The van der Waals surface area contributed by atoms with Crippen LogP contribution in [-0.2, 0) is 33.2 Å². The van der Waals surface area contributed by atoms with Gasteiger partial charge in [0.2, 0.25) is 0 Å². The van der Waals surface area contributed by atoms with E-state index in [2.05, 4.69) is 12.2 Å². The standard InChI is InChI=1S/C21H32O7S/c1-19-7-9-21(10-8-19)29(22,23)28-17-16-25-13-12-24-14-15-26-18-20-6-4-2-3-5-11-27-20/h2-3,7-10,20H,4-6,11-18H2,1H3/b3-2+/t20-/m1/s1. The van der Waals surface area contributed by atoms with Gasteiger partial charge >= 0.3 is 0 Å². The number of rotatable bonds is 13. The molecular weight excluding hydrogens is 396 g/mol. The molecule has 0 amide bonds. The molecule has 8 heteroatoms. The minimum absolute atomic E-state index is 0.0318. The summed E-state index contributed by atoms with van der Waals surface area (Å²) >= 11 is 0. The fraction of sp³-hybridized carbons (Fsp3) is 0.619. The molecule has 1 aliphatic heterocycles. The zero-order chi connectivity index (χ0) is 20.8. The Labute approximate surface area is 174 Å². The summed E-state index contributed by atoms with van der Waals surface area (Å²) in [5.41, 5.74) is 0.989. The Morgan fingerprint density at radius 1 is 0.897 bits per heavy atom. The maximum absolute atomic E-state index is 12.0. The number of benzene rings is 1. The van der Waals surface area contributed by atoms with Gasteiger partial charge in [-0.05, 0) is 38.3 Å². The van der Waals surface area contributed by atoms with E-state index >= 15 is 0 Å². The first kappa shape index (κ1) is 24.0. The Morgan fingerprint density at radius 3 is 2.24 bits per heavy atom. The van der Waals surface area contributed by atoms with E-state index in [0.717, 1.165) is 31.4 Å². The summed E-state index contributed by atoms with van der Waals surface area (Å²) in [5.74, 6) is 0. The van der Waals surface area contributed by atoms with Crippen molar-refractivity contribution >= 4 is 10.1 Å². The van der Waals surface area contributed by atoms with E-state index in [9.17, 15) is 8.42 Å². The predicted octanol–water partition coefficient (Wildman–Crippen LogP) is 2.88. The van der Waals surface area contributed by atoms with Gasteiger partial charge in [0.25, 0.3) is 10.1 Å². The van der Waals surface area contributed by atoms with Gasteiger partial charge in [-0.25, -0.2) is 0 Å². The zero-order valence-electron chi connectivity index (χ0n) is 17.1. The molecular formula is C21H32O7S. The van der Waals surface area contributed by atoms with Crippen LogP contribution in [0.2, 0.25) is 0 Å². The SMILES string of the molecule is Cc1ccc(S(=O)(=O)OCCOCCOCCOC[C@H]2CC/C=C/CCO2)cc1. The quantitative estimate of drug-likeness (QED) is 0.271. The van der Waals surface area contributed by atoms with Gasteiger partial charge in [0, 0.05) is 0 Å². The molecule has 0 radical (unpaired) electrons. The second kappa shape index (κ2) is 13.8. The molecule has 1 aromatic carbocycles. The number of allylic oxidation sites excluding steroid dienone is 1. The molecule has 29 heavy (non-hydrogen) atoms. The molecule has 1 heterocycles. The minimum atomic E-state index is -3.74. The largest absolute Gasteiger partial charge is 0.377 e. The molecule has 0 aliphatic carbocycles. The van der Waals surface area contributed by atoms with Crippen LogP contribution in [0.15, 0.2) is 41.3 Å². The fourth-order valence-corrected chi connectivity index (χ4v) is 3.56. The first-order chi connectivity index (χ1) is 14.1. The van der Waals surface area contributed by atoms with Crippen LogP contribution in [0.5, 0.6) is 0 Å². The van der Waals surface area contributed by atoms with Crippen molar-refractivity contribution in [1.82, 2.24) is 0 Å². The fourth-order valence-electron chi connectivity index (χ4n) is 2.67. The second-order valence-electron chi connectivity index (χ2n) is 6.72. The van der Waals surface area contributed by atoms with Gasteiger partial charge in [0.15, 0.2) is 0 Å². The Bertz CT molecular complexity index is 685. The second-order valence-corrected chi connectivity index (χ2v) is 8.33. The lowest BCUT2D eigenvalue weighted by Crippen LogP contribution is -2.22. The molecule has 1 aromatic rings. The van der Waals surface area contributed by atoms with Gasteiger partial charge in [0.1, 0.15) is 0 Å². The molecule has 0 bridgehead atoms. The summed E-state index contributed by atoms with van der Waals surface area (Å²) in [4.78, 5) is 0.146. The average molecular weight is 429 g/mol. The molecule has 0 spiro atoms. The number of hydrogen-bond donors (Lipinski definition) is 0. The Morgan fingerprint density at radius 2 is 1.52 bits per heavy atom. The van der Waals surface area contributed by atoms with E-state index in [-0.39, 0.29) is 24.2 Å². The third kappa shape index (κ3) is 10.3. The highest BCUT2D eigenvalue weighted by Gasteiger charge is 2.14. The Hall–Kier alpha value is -1.29. The highest BCUT2D eigenvalue weighted by Crippen LogP contribution is 2.13. The topological polar surface area (TPSA) is 80.3 Å². The molecule has 0 N–H and O–H groups in total. The number of ether oxygens (including phenoxy) is 4. The van der Waals surface area contributed by atoms with Crippen molar-refractivity contribution in [3.8, 4) is 0 Å². The van der Waals surface area contributed by atoms with Crippen molar-refractivity contribution in [3.63, 3.8) is 0 Å². The lowest BCUT2D eigenvalue weighted by atomic mass is 10.1. The molecule has 7 nitrogen and oxygen atoms in total. The van der Waals surface area contributed by atoms with Crippen molar-refractivity contribution in [2.24, 2.45) is 0 Å². The number of hydrogen-bond acceptors (Lipinski definition) is 7. The molecule has 0 fully saturated rings. The molecule has 0 saturated carbocycles. The summed E-state index contributed by atoms with van der Waals surface area (Å²) in [5, 5.41) is 0. The van der Waals surface area contributed by atoms with Crippen LogP contribution in [0, 0.1) is 6.92 Å². The smallest absolute Gasteiger partial charge is 0.297 e. The minimum Gasteiger partial charge on any atom is -0.377 e. The average Bonchev–Trinajstić information content (AvgIpc) is 2.67. The van der Waals surface area contributed by atoms with Gasteiger partial charge in [-0.2, -0.15) is 8.42 Å². The van der Waals surface area contributed by atoms with E-state index in [0.29, 0.717) is 33.0 Å². The molecule has 1 atom stereocenters. The molecule has 0 unspecified atom stereocenters. The van der Waals surface area contributed by atoms with Crippen molar-refractivity contribution in [2.75, 3.05) is 52.9 Å². The predicted molar refractivity (Wildman–Crippen MR) is 110 cm³/mol. The van der Waals surface area contributed by atoms with Crippen LogP contribution in [-0.4, -0.2) is 67.4 Å². The maximum atomic E-state index is 12.0. The molecule has 1 aliphatic rings. The first-order valence-electron chi connectivity index (χ1n) is 10.0. The van der Waals surface area contributed by atoms with Gasteiger partial charge < -0.3 is 18.9 Å². The van der Waals surface area contributed by atoms with Gasteiger partial charge in [-0.3, -0.25) is 4.18 Å². The van der Waals surface area contributed by atoms with Gasteiger partial charge in [0.05, 0.1) is 63.9 Å². The van der Waals surface area contributed by atoms with Crippen LogP contribution in [0.4, 0.5) is 0 Å². The van der Waals surface area contributed by atoms with E-state index in [1.54, 1.807) is 12.1 Å². The van der Waals surface area contributed by atoms with Gasteiger partial charge in [-0.1, -0.05) is 29.8 Å². The molecule has 164 valence electrons. The maximum Gasteiger partial charge on any atom is 0.297 e. The van der Waals surface area contributed by atoms with Crippen molar-refractivity contribution in [2.45, 2.75) is 37.2 Å². The van der Waals surface area contributed by atoms with E-state index < -0.39 is 10.1 Å². The first-order valence-corrected chi connectivity index (χ1v) is 11.4. The summed E-state index contributed by atoms with van der Waals surface area (Å²) in [7, 11) is -3.74. The third-order valence-electron chi connectivity index (χ3n) is 4.28. The Balaban J connectivity index is 1.42. The van der Waals surface area contributed by atoms with Crippen LogP contribution in [0.1, 0.15) is 24.8 Å². The van der Waals surface area contributed by atoms with Crippen LogP contribution >= 0.6 is 0 Å². The summed E-state index contributed by atoms with van der Waals surface area (Å²) < 4.78 is 51.1.